The molecule has 1 N–H and O–H groups in total. The van der Waals surface area contributed by atoms with Crippen molar-refractivity contribution in [2.45, 2.75) is 29.9 Å². The van der Waals surface area contributed by atoms with E-state index < -0.39 is 0 Å². The zero-order valence-corrected chi connectivity index (χ0v) is 12.4. The van der Waals surface area contributed by atoms with E-state index in [2.05, 4.69) is 26.9 Å². The van der Waals surface area contributed by atoms with Crippen molar-refractivity contribution in [2.75, 3.05) is 0 Å². The monoisotopic (exact) mass is 304 g/mol. The van der Waals surface area contributed by atoms with Crippen molar-refractivity contribution in [2.24, 2.45) is 0 Å². The molecule has 0 aliphatic carbocycles. The summed E-state index contributed by atoms with van der Waals surface area (Å²) in [7, 11) is 0. The molecule has 0 saturated heterocycles. The maximum absolute atomic E-state index is 11.7. The number of aryl methyl sites for hydroxylation is 1. The average molecular weight is 304 g/mol. The van der Waals surface area contributed by atoms with Gasteiger partial charge in [-0.1, -0.05) is 13.3 Å². The van der Waals surface area contributed by atoms with Crippen LogP contribution in [-0.4, -0.2) is 19.9 Å². The molecule has 0 unspecified atom stereocenters. The SMILES string of the molecule is CCCc1cc(=O)[nH]c(Sc2ncnc3sccc23)n1. The van der Waals surface area contributed by atoms with Crippen LogP contribution in [0.15, 0.2) is 38.8 Å². The van der Waals surface area contributed by atoms with E-state index in [1.54, 1.807) is 17.4 Å². The van der Waals surface area contributed by atoms with Gasteiger partial charge in [-0.3, -0.25) is 4.79 Å². The van der Waals surface area contributed by atoms with Gasteiger partial charge in [0.1, 0.15) is 16.2 Å². The number of aromatic nitrogens is 4. The second-order valence-electron chi connectivity index (χ2n) is 4.21. The van der Waals surface area contributed by atoms with Crippen molar-refractivity contribution in [3.8, 4) is 0 Å². The Kier molecular flexibility index (Phi) is 3.79. The van der Waals surface area contributed by atoms with Gasteiger partial charge in [-0.2, -0.15) is 0 Å². The fourth-order valence-electron chi connectivity index (χ4n) is 1.86. The summed E-state index contributed by atoms with van der Waals surface area (Å²) in [5, 5.41) is 4.36. The van der Waals surface area contributed by atoms with Gasteiger partial charge in [0.25, 0.3) is 5.56 Å². The molecule has 20 heavy (non-hydrogen) atoms. The highest BCUT2D eigenvalue weighted by molar-refractivity contribution is 7.99. The van der Waals surface area contributed by atoms with Crippen LogP contribution < -0.4 is 5.56 Å². The molecule has 3 aromatic heterocycles. The van der Waals surface area contributed by atoms with Crippen LogP contribution in [0.25, 0.3) is 10.2 Å². The molecule has 0 aliphatic heterocycles. The van der Waals surface area contributed by atoms with Crippen LogP contribution in [0.4, 0.5) is 0 Å². The molecule has 0 fully saturated rings. The van der Waals surface area contributed by atoms with E-state index in [1.807, 2.05) is 11.4 Å². The quantitative estimate of drug-likeness (QED) is 0.593. The Bertz CT molecular complexity index is 796. The third-order valence-corrected chi connectivity index (χ3v) is 4.42. The number of nitrogens with one attached hydrogen (secondary N) is 1. The maximum Gasteiger partial charge on any atom is 0.251 e. The van der Waals surface area contributed by atoms with E-state index in [0.717, 1.165) is 33.8 Å². The second-order valence-corrected chi connectivity index (χ2v) is 6.08. The molecule has 0 radical (unpaired) electrons. The van der Waals surface area contributed by atoms with Gasteiger partial charge in [0.2, 0.25) is 0 Å². The number of nitrogens with zero attached hydrogens (tertiary/aromatic N) is 3. The first-order valence-electron chi connectivity index (χ1n) is 6.22. The molecule has 3 heterocycles. The van der Waals surface area contributed by atoms with E-state index in [9.17, 15) is 4.79 Å². The van der Waals surface area contributed by atoms with E-state index >= 15 is 0 Å². The number of hydrogen-bond donors (Lipinski definition) is 1. The Balaban J connectivity index is 1.98. The van der Waals surface area contributed by atoms with E-state index in [1.165, 1.54) is 18.1 Å². The molecule has 0 amide bonds. The smallest absolute Gasteiger partial charge is 0.251 e. The summed E-state index contributed by atoms with van der Waals surface area (Å²) in [6.45, 7) is 2.06. The number of thiophene rings is 1. The molecule has 0 bridgehead atoms. The zero-order valence-electron chi connectivity index (χ0n) is 10.8. The summed E-state index contributed by atoms with van der Waals surface area (Å²) in [6.07, 6.45) is 3.30. The third kappa shape index (κ3) is 2.73. The summed E-state index contributed by atoms with van der Waals surface area (Å²) >= 11 is 2.93. The van der Waals surface area contributed by atoms with Crippen molar-refractivity contribution >= 4 is 33.3 Å². The van der Waals surface area contributed by atoms with Crippen molar-refractivity contribution in [1.82, 2.24) is 19.9 Å². The molecule has 0 atom stereocenters. The van der Waals surface area contributed by atoms with Gasteiger partial charge in [-0.25, -0.2) is 15.0 Å². The minimum absolute atomic E-state index is 0.124. The van der Waals surface area contributed by atoms with E-state index in [0.29, 0.717) is 5.16 Å². The van der Waals surface area contributed by atoms with Gasteiger partial charge in [0, 0.05) is 17.1 Å². The molecule has 0 saturated carbocycles. The summed E-state index contributed by atoms with van der Waals surface area (Å²) in [5.74, 6) is 0. The molecule has 0 aliphatic rings. The predicted molar refractivity (Wildman–Crippen MR) is 80.4 cm³/mol. The Morgan fingerprint density at radius 1 is 1.40 bits per heavy atom. The van der Waals surface area contributed by atoms with Gasteiger partial charge in [0.05, 0.1) is 0 Å². The first-order valence-corrected chi connectivity index (χ1v) is 7.92. The average Bonchev–Trinajstić information content (AvgIpc) is 2.88. The largest absolute Gasteiger partial charge is 0.301 e. The van der Waals surface area contributed by atoms with E-state index in [-0.39, 0.29) is 5.56 Å². The van der Waals surface area contributed by atoms with Gasteiger partial charge in [-0.05, 0) is 29.6 Å². The number of H-pyrrole nitrogens is 1. The molecule has 7 heteroatoms. The van der Waals surface area contributed by atoms with Crippen LogP contribution in [0.3, 0.4) is 0 Å². The lowest BCUT2D eigenvalue weighted by molar-refractivity contribution is 0.815. The molecule has 3 rings (SSSR count). The fourth-order valence-corrected chi connectivity index (χ4v) is 3.53. The lowest BCUT2D eigenvalue weighted by Gasteiger charge is -2.03. The number of fused-ring (bicyclic) bond motifs is 1. The van der Waals surface area contributed by atoms with Crippen LogP contribution in [0.5, 0.6) is 0 Å². The third-order valence-electron chi connectivity index (χ3n) is 2.70. The molecule has 102 valence electrons. The molecule has 5 nitrogen and oxygen atoms in total. The van der Waals surface area contributed by atoms with Crippen LogP contribution in [0.2, 0.25) is 0 Å². The van der Waals surface area contributed by atoms with Gasteiger partial charge in [0.15, 0.2) is 5.16 Å². The van der Waals surface area contributed by atoms with Gasteiger partial charge < -0.3 is 4.98 Å². The van der Waals surface area contributed by atoms with Crippen LogP contribution >= 0.6 is 23.1 Å². The Morgan fingerprint density at radius 3 is 3.15 bits per heavy atom. The normalized spacial score (nSPS) is 11.1. The standard InChI is InChI=1S/C13H12N4OS2/c1-2-3-8-6-10(18)17-13(16-8)20-12-9-4-5-19-11(9)14-7-15-12/h4-7H,2-3H2,1H3,(H,16,17,18). The van der Waals surface area contributed by atoms with Gasteiger partial charge >= 0.3 is 0 Å². The highest BCUT2D eigenvalue weighted by Crippen LogP contribution is 2.30. The zero-order chi connectivity index (χ0) is 13.9. The number of hydrogen-bond acceptors (Lipinski definition) is 6. The van der Waals surface area contributed by atoms with E-state index in [4.69, 9.17) is 0 Å². The van der Waals surface area contributed by atoms with Crippen molar-refractivity contribution < 1.29 is 0 Å². The first kappa shape index (κ1) is 13.3. The summed E-state index contributed by atoms with van der Waals surface area (Å²) in [4.78, 5) is 28.3. The fraction of sp³-hybridized carbons (Fsp3) is 0.231. The molecular weight excluding hydrogens is 292 g/mol. The first-order chi connectivity index (χ1) is 9.76. The maximum atomic E-state index is 11.7. The van der Waals surface area contributed by atoms with Crippen LogP contribution in [0.1, 0.15) is 19.0 Å². The highest BCUT2D eigenvalue weighted by atomic mass is 32.2. The van der Waals surface area contributed by atoms with Crippen molar-refractivity contribution in [3.05, 3.63) is 39.9 Å². The second kappa shape index (κ2) is 5.72. The minimum atomic E-state index is -0.124. The Labute approximate surface area is 123 Å². The lowest BCUT2D eigenvalue weighted by Crippen LogP contribution is -2.09. The van der Waals surface area contributed by atoms with Crippen molar-refractivity contribution in [1.29, 1.82) is 0 Å². The number of aromatic amines is 1. The Hall–Kier alpha value is -1.73. The molecule has 0 spiro atoms. The number of rotatable bonds is 4. The predicted octanol–water partition coefficient (Wildman–Crippen LogP) is 2.88. The van der Waals surface area contributed by atoms with Crippen molar-refractivity contribution in [3.63, 3.8) is 0 Å². The summed E-state index contributed by atoms with van der Waals surface area (Å²) in [5.41, 5.74) is 0.691. The molecule has 0 aromatic carbocycles. The van der Waals surface area contributed by atoms with Crippen LogP contribution in [-0.2, 0) is 6.42 Å². The minimum Gasteiger partial charge on any atom is -0.301 e. The topological polar surface area (TPSA) is 71.5 Å². The summed E-state index contributed by atoms with van der Waals surface area (Å²) in [6, 6.07) is 3.53. The molecular formula is C13H12N4OS2. The Morgan fingerprint density at radius 2 is 2.30 bits per heavy atom. The lowest BCUT2D eigenvalue weighted by atomic mass is 10.2. The van der Waals surface area contributed by atoms with Crippen LogP contribution in [0, 0.1) is 0 Å². The summed E-state index contributed by atoms with van der Waals surface area (Å²) < 4.78 is 0. The highest BCUT2D eigenvalue weighted by Gasteiger charge is 2.09. The molecule has 3 aromatic rings. The van der Waals surface area contributed by atoms with Gasteiger partial charge in [-0.15, -0.1) is 11.3 Å².